The summed E-state index contributed by atoms with van der Waals surface area (Å²) in [6, 6.07) is 0. The third kappa shape index (κ3) is 3.85. The molecule has 0 unspecified atom stereocenters. The summed E-state index contributed by atoms with van der Waals surface area (Å²) in [4.78, 5) is 32.9. The van der Waals surface area contributed by atoms with Crippen molar-refractivity contribution in [2.75, 3.05) is 0 Å². The molecule has 2 aromatic heterocycles. The highest BCUT2D eigenvalue weighted by atomic mass is 79.9. The fourth-order valence-corrected chi connectivity index (χ4v) is 3.27. The second kappa shape index (κ2) is 8.20. The lowest BCUT2D eigenvalue weighted by Gasteiger charge is -2.08. The van der Waals surface area contributed by atoms with Crippen molar-refractivity contribution in [1.82, 2.24) is 19.1 Å². The summed E-state index contributed by atoms with van der Waals surface area (Å²) in [6.07, 6.45) is 7.14. The standard InChI is InChI=1S/C16H20Br2N4O2/c1-4-5-6-7-8-10(17)12(18)11-9-19-14-13(20-11)15(23)22(3)16(24)21(14)2/h9H,4-8H2,1-3H3/b12-10-. The lowest BCUT2D eigenvalue weighted by atomic mass is 10.1. The zero-order chi connectivity index (χ0) is 17.9. The Morgan fingerprint density at radius 3 is 2.50 bits per heavy atom. The molecule has 0 amide bonds. The predicted molar refractivity (Wildman–Crippen MR) is 104 cm³/mol. The van der Waals surface area contributed by atoms with Gasteiger partial charge in [0.05, 0.1) is 16.4 Å². The van der Waals surface area contributed by atoms with Gasteiger partial charge in [0, 0.05) is 18.6 Å². The van der Waals surface area contributed by atoms with Crippen molar-refractivity contribution in [2.24, 2.45) is 14.1 Å². The number of hydrogen-bond donors (Lipinski definition) is 0. The third-order valence-corrected chi connectivity index (χ3v) is 6.07. The van der Waals surface area contributed by atoms with Crippen molar-refractivity contribution >= 4 is 47.5 Å². The van der Waals surface area contributed by atoms with E-state index in [0.29, 0.717) is 5.69 Å². The van der Waals surface area contributed by atoms with Crippen molar-refractivity contribution in [3.63, 3.8) is 0 Å². The van der Waals surface area contributed by atoms with Crippen molar-refractivity contribution in [2.45, 2.75) is 39.0 Å². The first-order chi connectivity index (χ1) is 11.4. The lowest BCUT2D eigenvalue weighted by Crippen LogP contribution is -2.37. The average molecular weight is 460 g/mol. The summed E-state index contributed by atoms with van der Waals surface area (Å²) in [5.74, 6) is 0. The lowest BCUT2D eigenvalue weighted by molar-refractivity contribution is 0.673. The molecule has 0 aromatic carbocycles. The molecule has 0 fully saturated rings. The zero-order valence-electron chi connectivity index (χ0n) is 14.0. The summed E-state index contributed by atoms with van der Waals surface area (Å²) in [7, 11) is 3.01. The molecular formula is C16H20Br2N4O2. The first-order valence-electron chi connectivity index (χ1n) is 7.85. The van der Waals surface area contributed by atoms with E-state index in [1.807, 2.05) is 0 Å². The monoisotopic (exact) mass is 458 g/mol. The fourth-order valence-electron chi connectivity index (χ4n) is 2.39. The van der Waals surface area contributed by atoms with Gasteiger partial charge in [-0.25, -0.2) is 14.8 Å². The Morgan fingerprint density at radius 1 is 1.12 bits per heavy atom. The van der Waals surface area contributed by atoms with Crippen LogP contribution in [-0.2, 0) is 14.1 Å². The van der Waals surface area contributed by atoms with Gasteiger partial charge in [0.25, 0.3) is 5.56 Å². The first-order valence-corrected chi connectivity index (χ1v) is 9.44. The van der Waals surface area contributed by atoms with Crippen LogP contribution < -0.4 is 11.2 Å². The number of allylic oxidation sites excluding steroid dienone is 1. The van der Waals surface area contributed by atoms with Crippen LogP contribution in [0.2, 0.25) is 0 Å². The molecule has 0 aliphatic carbocycles. The molecule has 0 aliphatic heterocycles. The molecule has 2 aromatic rings. The molecule has 2 rings (SSSR count). The van der Waals surface area contributed by atoms with Gasteiger partial charge >= 0.3 is 5.69 Å². The molecule has 0 bridgehead atoms. The molecule has 130 valence electrons. The topological polar surface area (TPSA) is 69.8 Å². The summed E-state index contributed by atoms with van der Waals surface area (Å²) < 4.78 is 4.14. The number of nitrogens with zero attached hydrogens (tertiary/aromatic N) is 4. The van der Waals surface area contributed by atoms with E-state index >= 15 is 0 Å². The molecule has 8 heteroatoms. The molecule has 0 aliphatic rings. The summed E-state index contributed by atoms with van der Waals surface area (Å²) >= 11 is 7.12. The molecule has 24 heavy (non-hydrogen) atoms. The van der Waals surface area contributed by atoms with E-state index in [9.17, 15) is 9.59 Å². The van der Waals surface area contributed by atoms with E-state index < -0.39 is 11.2 Å². The normalized spacial score (nSPS) is 12.5. The maximum Gasteiger partial charge on any atom is 0.332 e. The van der Waals surface area contributed by atoms with Gasteiger partial charge in [-0.2, -0.15) is 0 Å². The highest BCUT2D eigenvalue weighted by Crippen LogP contribution is 2.30. The molecule has 0 spiro atoms. The number of aromatic nitrogens is 4. The van der Waals surface area contributed by atoms with E-state index in [1.54, 1.807) is 13.2 Å². The van der Waals surface area contributed by atoms with Crippen LogP contribution in [0.1, 0.15) is 44.7 Å². The van der Waals surface area contributed by atoms with Crippen LogP contribution in [0, 0.1) is 0 Å². The molecular weight excluding hydrogens is 440 g/mol. The van der Waals surface area contributed by atoms with Crippen molar-refractivity contribution < 1.29 is 0 Å². The zero-order valence-corrected chi connectivity index (χ0v) is 17.1. The first kappa shape index (κ1) is 19.1. The minimum atomic E-state index is -0.443. The van der Waals surface area contributed by atoms with E-state index in [1.165, 1.54) is 30.9 Å². The van der Waals surface area contributed by atoms with Crippen LogP contribution >= 0.6 is 31.9 Å². The Balaban J connectivity index is 2.44. The number of unbranched alkanes of at least 4 members (excludes halogenated alkanes) is 3. The van der Waals surface area contributed by atoms with Crippen LogP contribution in [-0.4, -0.2) is 19.1 Å². The SMILES string of the molecule is CCCCCC/C(Br)=C(/Br)c1cnc2c(n1)c(=O)n(C)c(=O)n2C. The molecule has 6 nitrogen and oxygen atoms in total. The molecule has 0 atom stereocenters. The minimum Gasteiger partial charge on any atom is -0.279 e. The number of aryl methyl sites for hydroxylation is 1. The maximum atomic E-state index is 12.3. The second-order valence-corrected chi connectivity index (χ2v) is 7.41. The van der Waals surface area contributed by atoms with Crippen LogP contribution in [0.3, 0.4) is 0 Å². The Labute approximate surface area is 156 Å². The van der Waals surface area contributed by atoms with Crippen molar-refractivity contribution in [1.29, 1.82) is 0 Å². The second-order valence-electron chi connectivity index (χ2n) is 5.66. The van der Waals surface area contributed by atoms with Crippen LogP contribution in [0.25, 0.3) is 15.6 Å². The Hall–Kier alpha value is -1.28. The Kier molecular flexibility index (Phi) is 6.51. The highest BCUT2D eigenvalue weighted by Gasteiger charge is 2.14. The van der Waals surface area contributed by atoms with Crippen LogP contribution in [0.15, 0.2) is 20.3 Å². The number of fused-ring (bicyclic) bond motifs is 1. The van der Waals surface area contributed by atoms with Crippen molar-refractivity contribution in [3.8, 4) is 0 Å². The smallest absolute Gasteiger partial charge is 0.279 e. The number of hydrogen-bond acceptors (Lipinski definition) is 4. The Morgan fingerprint density at radius 2 is 1.83 bits per heavy atom. The van der Waals surface area contributed by atoms with Gasteiger partial charge in [0.2, 0.25) is 0 Å². The van der Waals surface area contributed by atoms with E-state index in [-0.39, 0.29) is 11.2 Å². The Bertz CT molecular complexity index is 899. The molecule has 0 N–H and O–H groups in total. The van der Waals surface area contributed by atoms with Gasteiger partial charge in [0.15, 0.2) is 11.2 Å². The number of rotatable bonds is 6. The average Bonchev–Trinajstić information content (AvgIpc) is 2.60. The van der Waals surface area contributed by atoms with Gasteiger partial charge in [-0.1, -0.05) is 42.1 Å². The van der Waals surface area contributed by atoms with E-state index in [4.69, 9.17) is 0 Å². The highest BCUT2D eigenvalue weighted by molar-refractivity contribution is 9.16. The van der Waals surface area contributed by atoms with Crippen LogP contribution in [0.5, 0.6) is 0 Å². The summed E-state index contributed by atoms with van der Waals surface area (Å²) in [5, 5.41) is 0. The van der Waals surface area contributed by atoms with Crippen LogP contribution in [0.4, 0.5) is 0 Å². The summed E-state index contributed by atoms with van der Waals surface area (Å²) in [6.45, 7) is 2.18. The predicted octanol–water partition coefficient (Wildman–Crippen LogP) is 3.46. The van der Waals surface area contributed by atoms with Gasteiger partial charge in [-0.15, -0.1) is 0 Å². The maximum absolute atomic E-state index is 12.3. The molecule has 0 saturated heterocycles. The van der Waals surface area contributed by atoms with E-state index in [2.05, 4.69) is 48.8 Å². The fraction of sp³-hybridized carbons (Fsp3) is 0.500. The largest absolute Gasteiger partial charge is 0.332 e. The van der Waals surface area contributed by atoms with Crippen molar-refractivity contribution in [3.05, 3.63) is 37.2 Å². The van der Waals surface area contributed by atoms with Gasteiger partial charge in [-0.05, 0) is 28.8 Å². The molecule has 0 radical (unpaired) electrons. The molecule has 2 heterocycles. The van der Waals surface area contributed by atoms with Gasteiger partial charge < -0.3 is 0 Å². The summed E-state index contributed by atoms with van der Waals surface area (Å²) in [5.41, 5.74) is 0.176. The minimum absolute atomic E-state index is 0.181. The van der Waals surface area contributed by atoms with Gasteiger partial charge in [0.1, 0.15) is 0 Å². The van der Waals surface area contributed by atoms with Gasteiger partial charge in [-0.3, -0.25) is 13.9 Å². The van der Waals surface area contributed by atoms with E-state index in [0.717, 1.165) is 26.4 Å². The number of halogens is 2. The molecule has 0 saturated carbocycles. The third-order valence-electron chi connectivity index (χ3n) is 3.86. The quantitative estimate of drug-likeness (QED) is 0.620.